The third-order valence-corrected chi connectivity index (χ3v) is 4.56. The molecule has 1 aliphatic rings. The van der Waals surface area contributed by atoms with Crippen LogP contribution in [0.3, 0.4) is 0 Å². The minimum absolute atomic E-state index is 0. The minimum Gasteiger partial charge on any atom is -0.466 e. The van der Waals surface area contributed by atoms with Crippen molar-refractivity contribution in [1.82, 2.24) is 9.97 Å². The second-order valence-electron chi connectivity index (χ2n) is 6.61. The molecule has 2 aromatic rings. The number of hydrogen-bond donors (Lipinski definition) is 0. The molecule has 0 N–H and O–H groups in total. The van der Waals surface area contributed by atoms with Crippen molar-refractivity contribution in [2.75, 3.05) is 6.61 Å². The quantitative estimate of drug-likeness (QED) is 0.327. The van der Waals surface area contributed by atoms with Crippen molar-refractivity contribution in [3.05, 3.63) is 48.4 Å². The van der Waals surface area contributed by atoms with Gasteiger partial charge in [0, 0.05) is 17.5 Å². The Morgan fingerprint density at radius 1 is 1.22 bits per heavy atom. The standard InChI is InChI=1S/C11H7N2O.C10H18O2.Os/c14-8-9-3-4-11(13-6-9)10-2-1-5-12-7-10;1-3-12-9(11)10(2)7-5-4-6-8-10;/h1-4,6-8H;3-8H2,1-2H3;/q-1;;+1. The molecule has 1 saturated carbocycles. The number of aromatic nitrogens is 2. The molecular weight excluding hydrogens is 518 g/mol. The van der Waals surface area contributed by atoms with Crippen LogP contribution in [0.15, 0.2) is 36.7 Å². The van der Waals surface area contributed by atoms with E-state index in [1.165, 1.54) is 19.3 Å². The zero-order chi connectivity index (χ0) is 18.8. The first-order valence-electron chi connectivity index (χ1n) is 9.00. The van der Waals surface area contributed by atoms with E-state index in [0.717, 1.165) is 30.4 Å². The molecule has 27 heavy (non-hydrogen) atoms. The van der Waals surface area contributed by atoms with Gasteiger partial charge in [0.1, 0.15) is 0 Å². The fourth-order valence-corrected chi connectivity index (χ4v) is 2.96. The van der Waals surface area contributed by atoms with E-state index >= 15 is 0 Å². The van der Waals surface area contributed by atoms with Crippen molar-refractivity contribution >= 4 is 12.3 Å². The van der Waals surface area contributed by atoms with Crippen LogP contribution in [0.25, 0.3) is 11.3 Å². The van der Waals surface area contributed by atoms with E-state index in [2.05, 4.69) is 16.2 Å². The largest absolute Gasteiger partial charge is 1.00 e. The van der Waals surface area contributed by atoms with Crippen LogP contribution in [0.2, 0.25) is 0 Å². The fourth-order valence-electron chi connectivity index (χ4n) is 2.96. The van der Waals surface area contributed by atoms with Crippen molar-refractivity contribution in [2.24, 2.45) is 5.41 Å². The summed E-state index contributed by atoms with van der Waals surface area (Å²) in [7, 11) is 0. The first-order valence-corrected chi connectivity index (χ1v) is 9.00. The summed E-state index contributed by atoms with van der Waals surface area (Å²) in [5, 5.41) is 0. The average molecular weight is 544 g/mol. The summed E-state index contributed by atoms with van der Waals surface area (Å²) >= 11 is 0. The van der Waals surface area contributed by atoms with Crippen molar-refractivity contribution < 1.29 is 34.1 Å². The van der Waals surface area contributed by atoms with Gasteiger partial charge in [0.05, 0.1) is 12.0 Å². The Bertz CT molecular complexity index is 699. The molecule has 1 fully saturated rings. The molecule has 0 saturated heterocycles. The van der Waals surface area contributed by atoms with Gasteiger partial charge in [-0.2, -0.15) is 12.1 Å². The fraction of sp³-hybridized carbons (Fsp3) is 0.429. The molecule has 1 aliphatic carbocycles. The van der Waals surface area contributed by atoms with Gasteiger partial charge in [0.15, 0.2) is 6.29 Å². The van der Waals surface area contributed by atoms with Crippen molar-refractivity contribution in [3.8, 4) is 11.3 Å². The van der Waals surface area contributed by atoms with E-state index in [4.69, 9.17) is 4.74 Å². The van der Waals surface area contributed by atoms with Crippen LogP contribution in [0, 0.1) is 11.6 Å². The Morgan fingerprint density at radius 2 is 1.96 bits per heavy atom. The van der Waals surface area contributed by atoms with Crippen LogP contribution in [0.4, 0.5) is 0 Å². The van der Waals surface area contributed by atoms with E-state index in [1.54, 1.807) is 30.6 Å². The van der Waals surface area contributed by atoms with Gasteiger partial charge in [-0.05, 0) is 38.8 Å². The van der Waals surface area contributed by atoms with E-state index in [-0.39, 0.29) is 31.2 Å². The molecule has 3 rings (SSSR count). The Balaban J connectivity index is 0.000000264. The number of carbonyl (C=O) groups is 2. The summed E-state index contributed by atoms with van der Waals surface area (Å²) in [6, 6.07) is 7.12. The number of nitrogens with zero attached hydrogens (tertiary/aromatic N) is 2. The first kappa shape index (κ1) is 23.1. The normalized spacial score (nSPS) is 14.7. The second-order valence-corrected chi connectivity index (χ2v) is 6.61. The minimum atomic E-state index is -0.172. The predicted octanol–water partition coefficient (Wildman–Crippen LogP) is 4.27. The molecule has 2 aromatic heterocycles. The Morgan fingerprint density at radius 3 is 2.48 bits per heavy atom. The zero-order valence-electron chi connectivity index (χ0n) is 15.8. The molecule has 2 heterocycles. The van der Waals surface area contributed by atoms with Gasteiger partial charge in [0.25, 0.3) is 0 Å². The van der Waals surface area contributed by atoms with Gasteiger partial charge in [-0.15, -0.1) is 0 Å². The molecule has 0 unspecified atom stereocenters. The average Bonchev–Trinajstić information content (AvgIpc) is 2.70. The van der Waals surface area contributed by atoms with Gasteiger partial charge in [-0.25, -0.2) is 0 Å². The monoisotopic (exact) mass is 545 g/mol. The third kappa shape index (κ3) is 6.95. The summed E-state index contributed by atoms with van der Waals surface area (Å²) in [6.07, 6.45) is 12.3. The van der Waals surface area contributed by atoms with Gasteiger partial charge in [0.2, 0.25) is 0 Å². The van der Waals surface area contributed by atoms with Crippen LogP contribution in [0.5, 0.6) is 0 Å². The summed E-state index contributed by atoms with van der Waals surface area (Å²) in [5.41, 5.74) is 2.12. The molecule has 5 nitrogen and oxygen atoms in total. The second kappa shape index (κ2) is 11.7. The van der Waals surface area contributed by atoms with E-state index in [0.29, 0.717) is 12.2 Å². The number of aldehydes is 1. The SMILES string of the molecule is CCOC(=O)C1(C)CCCCC1.O=Cc1ccc(-c2cc[c-]nc2)nc1.[Os+]. The van der Waals surface area contributed by atoms with Gasteiger partial charge in [-0.1, -0.05) is 37.2 Å². The smallest absolute Gasteiger partial charge is 0.466 e. The van der Waals surface area contributed by atoms with Gasteiger partial charge >= 0.3 is 25.8 Å². The van der Waals surface area contributed by atoms with Crippen LogP contribution in [-0.4, -0.2) is 28.8 Å². The maximum atomic E-state index is 11.5. The van der Waals surface area contributed by atoms with Gasteiger partial charge in [-0.3, -0.25) is 14.6 Å². The number of carbonyl (C=O) groups excluding carboxylic acids is 2. The summed E-state index contributed by atoms with van der Waals surface area (Å²) in [5.74, 6) is 0.00435. The molecule has 6 heteroatoms. The molecule has 145 valence electrons. The Labute approximate surface area is 174 Å². The summed E-state index contributed by atoms with van der Waals surface area (Å²) in [6.45, 7) is 4.41. The molecule has 0 bridgehead atoms. The molecule has 0 spiro atoms. The number of hydrogen-bond acceptors (Lipinski definition) is 5. The number of rotatable bonds is 4. The molecule has 1 radical (unpaired) electrons. The third-order valence-electron chi connectivity index (χ3n) is 4.56. The van der Waals surface area contributed by atoms with Crippen molar-refractivity contribution in [1.29, 1.82) is 0 Å². The maximum absolute atomic E-state index is 11.5. The van der Waals surface area contributed by atoms with Gasteiger partial charge < -0.3 is 9.72 Å². The summed E-state index contributed by atoms with van der Waals surface area (Å²) in [4.78, 5) is 29.9. The summed E-state index contributed by atoms with van der Waals surface area (Å²) < 4.78 is 5.05. The number of ether oxygens (including phenoxy) is 1. The van der Waals surface area contributed by atoms with Crippen molar-refractivity contribution in [2.45, 2.75) is 46.0 Å². The Kier molecular flexibility index (Phi) is 10.0. The van der Waals surface area contributed by atoms with Crippen molar-refractivity contribution in [3.63, 3.8) is 0 Å². The maximum Gasteiger partial charge on any atom is 1.00 e. The van der Waals surface area contributed by atoms with Crippen LogP contribution in [0.1, 0.15) is 56.3 Å². The first-order chi connectivity index (χ1) is 12.6. The molecule has 0 aromatic carbocycles. The topological polar surface area (TPSA) is 69.2 Å². The molecule has 0 amide bonds. The molecular formula is C21H25N2O3Os. The number of pyridine rings is 2. The van der Waals surface area contributed by atoms with Crippen LogP contribution in [-0.2, 0) is 29.3 Å². The van der Waals surface area contributed by atoms with E-state index < -0.39 is 0 Å². The molecule has 0 atom stereocenters. The van der Waals surface area contributed by atoms with Crippen LogP contribution >= 0.6 is 0 Å². The molecule has 0 aliphatic heterocycles. The predicted molar refractivity (Wildman–Crippen MR) is 99.5 cm³/mol. The van der Waals surface area contributed by atoms with E-state index in [9.17, 15) is 9.59 Å². The van der Waals surface area contributed by atoms with E-state index in [1.807, 2.05) is 19.9 Å². The Hall–Kier alpha value is -1.92. The zero-order valence-corrected chi connectivity index (χ0v) is 18.3. The van der Waals surface area contributed by atoms with Crippen LogP contribution < -0.4 is 0 Å². The number of esters is 1.